The molecule has 122 valence electrons. The van der Waals surface area contributed by atoms with Crippen LogP contribution in [-0.2, 0) is 25.9 Å². The molecule has 0 bridgehead atoms. The van der Waals surface area contributed by atoms with Crippen LogP contribution in [0.5, 0.6) is 5.75 Å². The number of benzene rings is 1. The van der Waals surface area contributed by atoms with E-state index in [1.165, 1.54) is 6.07 Å². The van der Waals surface area contributed by atoms with E-state index in [2.05, 4.69) is 21.8 Å². The van der Waals surface area contributed by atoms with Crippen molar-refractivity contribution in [1.29, 1.82) is 0 Å². The highest BCUT2D eigenvalue weighted by Crippen LogP contribution is 2.25. The SMILES string of the molecule is CCCc1ncc2c(n1)CCN(Cc1c(F)cccc1OC)C2. The predicted octanol–water partition coefficient (Wildman–Crippen LogP) is 3.14. The van der Waals surface area contributed by atoms with Gasteiger partial charge in [-0.1, -0.05) is 13.0 Å². The number of aryl methyl sites for hydroxylation is 1. The van der Waals surface area contributed by atoms with Crippen LogP contribution in [0.15, 0.2) is 24.4 Å². The van der Waals surface area contributed by atoms with Gasteiger partial charge in [-0.25, -0.2) is 14.4 Å². The molecule has 0 fully saturated rings. The minimum absolute atomic E-state index is 0.218. The molecular weight excluding hydrogens is 293 g/mol. The maximum Gasteiger partial charge on any atom is 0.131 e. The third kappa shape index (κ3) is 3.50. The third-order valence-corrected chi connectivity index (χ3v) is 4.21. The van der Waals surface area contributed by atoms with Crippen molar-refractivity contribution in [3.05, 3.63) is 52.9 Å². The first-order chi connectivity index (χ1) is 11.2. The summed E-state index contributed by atoms with van der Waals surface area (Å²) in [6.07, 6.45) is 4.78. The quantitative estimate of drug-likeness (QED) is 0.849. The van der Waals surface area contributed by atoms with Gasteiger partial charge in [-0.15, -0.1) is 0 Å². The van der Waals surface area contributed by atoms with Crippen LogP contribution in [-0.4, -0.2) is 28.5 Å². The van der Waals surface area contributed by atoms with Crippen molar-refractivity contribution in [3.8, 4) is 5.75 Å². The van der Waals surface area contributed by atoms with E-state index in [1.54, 1.807) is 19.2 Å². The molecule has 2 aromatic rings. The maximum atomic E-state index is 14.1. The minimum atomic E-state index is -0.218. The molecule has 0 unspecified atom stereocenters. The lowest BCUT2D eigenvalue weighted by atomic mass is 10.1. The van der Waals surface area contributed by atoms with Crippen molar-refractivity contribution in [2.24, 2.45) is 0 Å². The Kier molecular flexibility index (Phi) is 4.86. The Morgan fingerprint density at radius 2 is 2.22 bits per heavy atom. The molecule has 3 rings (SSSR count). The van der Waals surface area contributed by atoms with Crippen molar-refractivity contribution in [2.45, 2.75) is 39.3 Å². The number of methoxy groups -OCH3 is 1. The molecule has 1 aliphatic heterocycles. The second-order valence-corrected chi connectivity index (χ2v) is 5.89. The van der Waals surface area contributed by atoms with Gasteiger partial charge in [0, 0.05) is 55.5 Å². The van der Waals surface area contributed by atoms with Crippen LogP contribution >= 0.6 is 0 Å². The van der Waals surface area contributed by atoms with Crippen LogP contribution in [0.1, 0.15) is 36.0 Å². The molecule has 0 radical (unpaired) electrons. The van der Waals surface area contributed by atoms with Crippen LogP contribution in [0, 0.1) is 5.82 Å². The number of halogens is 1. The molecule has 1 aliphatic rings. The zero-order chi connectivity index (χ0) is 16.2. The molecule has 1 aromatic carbocycles. The Morgan fingerprint density at radius 3 is 3.00 bits per heavy atom. The Bertz CT molecular complexity index is 690. The van der Waals surface area contributed by atoms with Crippen LogP contribution in [0.25, 0.3) is 0 Å². The zero-order valence-electron chi connectivity index (χ0n) is 13.7. The van der Waals surface area contributed by atoms with Gasteiger partial charge < -0.3 is 4.74 Å². The average Bonchev–Trinajstić information content (AvgIpc) is 2.57. The molecule has 0 amide bonds. The monoisotopic (exact) mass is 315 g/mol. The van der Waals surface area contributed by atoms with E-state index in [0.717, 1.165) is 49.4 Å². The van der Waals surface area contributed by atoms with Gasteiger partial charge in [-0.05, 0) is 18.6 Å². The summed E-state index contributed by atoms with van der Waals surface area (Å²) in [7, 11) is 1.58. The number of fused-ring (bicyclic) bond motifs is 1. The lowest BCUT2D eigenvalue weighted by molar-refractivity contribution is 0.235. The predicted molar refractivity (Wildman–Crippen MR) is 86.8 cm³/mol. The number of ether oxygens (including phenoxy) is 1. The average molecular weight is 315 g/mol. The van der Waals surface area contributed by atoms with Gasteiger partial charge in [0.15, 0.2) is 0 Å². The molecule has 0 spiro atoms. The summed E-state index contributed by atoms with van der Waals surface area (Å²) < 4.78 is 19.4. The summed E-state index contributed by atoms with van der Waals surface area (Å²) in [5.74, 6) is 1.31. The molecule has 0 N–H and O–H groups in total. The molecule has 0 aliphatic carbocycles. The second kappa shape index (κ2) is 7.04. The highest BCUT2D eigenvalue weighted by atomic mass is 19.1. The van der Waals surface area contributed by atoms with Gasteiger partial charge >= 0.3 is 0 Å². The number of rotatable bonds is 5. The van der Waals surface area contributed by atoms with Gasteiger partial charge in [0.25, 0.3) is 0 Å². The summed E-state index contributed by atoms with van der Waals surface area (Å²) in [6.45, 7) is 4.28. The van der Waals surface area contributed by atoms with Crippen molar-refractivity contribution in [2.75, 3.05) is 13.7 Å². The fourth-order valence-electron chi connectivity index (χ4n) is 3.00. The standard InChI is InChI=1S/C18H22FN3O/c1-3-5-18-20-10-13-11-22(9-8-16(13)21-18)12-14-15(19)6-4-7-17(14)23-2/h4,6-7,10H,3,5,8-9,11-12H2,1-2H3. The first-order valence-electron chi connectivity index (χ1n) is 8.08. The summed E-state index contributed by atoms with van der Waals surface area (Å²) in [4.78, 5) is 11.3. The van der Waals surface area contributed by atoms with Crippen molar-refractivity contribution in [3.63, 3.8) is 0 Å². The molecule has 0 atom stereocenters. The van der Waals surface area contributed by atoms with Crippen LogP contribution in [0.4, 0.5) is 4.39 Å². The van der Waals surface area contributed by atoms with E-state index < -0.39 is 0 Å². The highest BCUT2D eigenvalue weighted by molar-refractivity contribution is 5.35. The summed E-state index contributed by atoms with van der Waals surface area (Å²) >= 11 is 0. The number of hydrogen-bond acceptors (Lipinski definition) is 4. The fraction of sp³-hybridized carbons (Fsp3) is 0.444. The maximum absolute atomic E-state index is 14.1. The van der Waals surface area contributed by atoms with Gasteiger partial charge in [0.05, 0.1) is 7.11 Å². The normalized spacial score (nSPS) is 14.6. The first-order valence-corrected chi connectivity index (χ1v) is 8.08. The lowest BCUT2D eigenvalue weighted by Crippen LogP contribution is -2.31. The Labute approximate surface area is 136 Å². The Hall–Kier alpha value is -2.01. The van der Waals surface area contributed by atoms with Gasteiger partial charge in [-0.2, -0.15) is 0 Å². The molecular formula is C18H22FN3O. The summed E-state index contributed by atoms with van der Waals surface area (Å²) in [5, 5.41) is 0. The summed E-state index contributed by atoms with van der Waals surface area (Å²) in [5.41, 5.74) is 2.90. The van der Waals surface area contributed by atoms with Gasteiger partial charge in [0.2, 0.25) is 0 Å². The van der Waals surface area contributed by atoms with E-state index in [9.17, 15) is 4.39 Å². The Morgan fingerprint density at radius 1 is 1.35 bits per heavy atom. The van der Waals surface area contributed by atoms with Crippen LogP contribution < -0.4 is 4.74 Å². The number of aromatic nitrogens is 2. The van der Waals surface area contributed by atoms with Gasteiger partial charge in [0.1, 0.15) is 17.4 Å². The van der Waals surface area contributed by atoms with E-state index in [1.807, 2.05) is 6.20 Å². The van der Waals surface area contributed by atoms with Gasteiger partial charge in [-0.3, -0.25) is 4.90 Å². The zero-order valence-corrected chi connectivity index (χ0v) is 13.7. The molecule has 5 heteroatoms. The van der Waals surface area contributed by atoms with E-state index in [-0.39, 0.29) is 5.82 Å². The van der Waals surface area contributed by atoms with Crippen LogP contribution in [0.2, 0.25) is 0 Å². The minimum Gasteiger partial charge on any atom is -0.496 e. The van der Waals surface area contributed by atoms with E-state index in [0.29, 0.717) is 17.9 Å². The fourth-order valence-corrected chi connectivity index (χ4v) is 3.00. The lowest BCUT2D eigenvalue weighted by Gasteiger charge is -2.28. The van der Waals surface area contributed by atoms with Crippen LogP contribution in [0.3, 0.4) is 0 Å². The molecule has 23 heavy (non-hydrogen) atoms. The first kappa shape index (κ1) is 15.9. The summed E-state index contributed by atoms with van der Waals surface area (Å²) in [6, 6.07) is 4.96. The largest absolute Gasteiger partial charge is 0.496 e. The topological polar surface area (TPSA) is 38.2 Å². The van der Waals surface area contributed by atoms with Crippen molar-refractivity contribution >= 4 is 0 Å². The second-order valence-electron chi connectivity index (χ2n) is 5.89. The molecule has 2 heterocycles. The molecule has 1 aromatic heterocycles. The molecule has 0 saturated heterocycles. The highest BCUT2D eigenvalue weighted by Gasteiger charge is 2.21. The van der Waals surface area contributed by atoms with Crippen molar-refractivity contribution < 1.29 is 9.13 Å². The third-order valence-electron chi connectivity index (χ3n) is 4.21. The smallest absolute Gasteiger partial charge is 0.131 e. The van der Waals surface area contributed by atoms with Crippen molar-refractivity contribution in [1.82, 2.24) is 14.9 Å². The van der Waals surface area contributed by atoms with E-state index in [4.69, 9.17) is 4.74 Å². The number of hydrogen-bond donors (Lipinski definition) is 0. The Balaban J connectivity index is 1.75. The molecule has 4 nitrogen and oxygen atoms in total. The number of nitrogens with zero attached hydrogens (tertiary/aromatic N) is 3. The van der Waals surface area contributed by atoms with E-state index >= 15 is 0 Å². The molecule has 0 saturated carbocycles.